The average molecular weight is 284 g/mol. The Bertz CT molecular complexity index is 419. The van der Waals surface area contributed by atoms with E-state index in [4.69, 9.17) is 4.74 Å². The van der Waals surface area contributed by atoms with E-state index >= 15 is 0 Å². The number of benzene rings is 1. The van der Waals surface area contributed by atoms with Crippen LogP contribution in [0, 0.1) is 0 Å². The third-order valence-corrected chi connectivity index (χ3v) is 3.22. The first-order valence-electron chi connectivity index (χ1n) is 5.35. The molecule has 1 aliphatic heterocycles. The molecule has 1 atom stereocenters. The van der Waals surface area contributed by atoms with Crippen molar-refractivity contribution in [3.63, 3.8) is 0 Å². The SMILES string of the molecule is CCN1Cc2cc(Br)ccc2O[C@H](C)C1=O. The van der Waals surface area contributed by atoms with E-state index in [9.17, 15) is 4.79 Å². The number of hydrogen-bond donors (Lipinski definition) is 0. The van der Waals surface area contributed by atoms with Gasteiger partial charge in [-0.3, -0.25) is 4.79 Å². The number of amides is 1. The van der Waals surface area contributed by atoms with Crippen molar-refractivity contribution >= 4 is 21.8 Å². The summed E-state index contributed by atoms with van der Waals surface area (Å²) in [7, 11) is 0. The van der Waals surface area contributed by atoms with E-state index in [-0.39, 0.29) is 5.91 Å². The number of ether oxygens (including phenoxy) is 1. The summed E-state index contributed by atoms with van der Waals surface area (Å²) in [4.78, 5) is 13.7. The Morgan fingerprint density at radius 3 is 3.00 bits per heavy atom. The Balaban J connectivity index is 2.40. The topological polar surface area (TPSA) is 29.5 Å². The second-order valence-corrected chi connectivity index (χ2v) is 4.78. The maximum Gasteiger partial charge on any atom is 0.263 e. The molecule has 1 aromatic rings. The first-order chi connectivity index (χ1) is 7.61. The van der Waals surface area contributed by atoms with E-state index in [0.29, 0.717) is 13.1 Å². The number of nitrogens with zero attached hydrogens (tertiary/aromatic N) is 1. The Kier molecular flexibility index (Phi) is 3.19. The molecule has 0 radical (unpaired) electrons. The van der Waals surface area contributed by atoms with Crippen molar-refractivity contribution < 1.29 is 9.53 Å². The number of carbonyl (C=O) groups is 1. The lowest BCUT2D eigenvalue weighted by atomic mass is 10.2. The Morgan fingerprint density at radius 2 is 2.31 bits per heavy atom. The van der Waals surface area contributed by atoms with Crippen molar-refractivity contribution in [3.05, 3.63) is 28.2 Å². The summed E-state index contributed by atoms with van der Waals surface area (Å²) in [5.74, 6) is 0.856. The fraction of sp³-hybridized carbons (Fsp3) is 0.417. The van der Waals surface area contributed by atoms with Gasteiger partial charge in [0, 0.05) is 23.1 Å². The van der Waals surface area contributed by atoms with Gasteiger partial charge < -0.3 is 9.64 Å². The fourth-order valence-corrected chi connectivity index (χ4v) is 2.24. The Hall–Kier alpha value is -1.03. The lowest BCUT2D eigenvalue weighted by molar-refractivity contribution is -0.137. The first kappa shape index (κ1) is 11.5. The van der Waals surface area contributed by atoms with Crippen LogP contribution in [0.5, 0.6) is 5.75 Å². The zero-order valence-electron chi connectivity index (χ0n) is 9.37. The van der Waals surface area contributed by atoms with Crippen LogP contribution in [0.2, 0.25) is 0 Å². The van der Waals surface area contributed by atoms with E-state index in [1.165, 1.54) is 0 Å². The minimum atomic E-state index is -0.401. The minimum Gasteiger partial charge on any atom is -0.481 e. The van der Waals surface area contributed by atoms with Crippen LogP contribution in [0.4, 0.5) is 0 Å². The third-order valence-electron chi connectivity index (χ3n) is 2.73. The molecule has 86 valence electrons. The van der Waals surface area contributed by atoms with Crippen molar-refractivity contribution in [1.82, 2.24) is 4.90 Å². The lowest BCUT2D eigenvalue weighted by Gasteiger charge is -2.19. The van der Waals surface area contributed by atoms with Crippen LogP contribution in [0.1, 0.15) is 19.4 Å². The van der Waals surface area contributed by atoms with Gasteiger partial charge in [0.25, 0.3) is 5.91 Å². The largest absolute Gasteiger partial charge is 0.481 e. The highest BCUT2D eigenvalue weighted by Gasteiger charge is 2.26. The van der Waals surface area contributed by atoms with Gasteiger partial charge in [0.2, 0.25) is 0 Å². The Labute approximate surface area is 104 Å². The van der Waals surface area contributed by atoms with Crippen LogP contribution in [0.15, 0.2) is 22.7 Å². The molecule has 4 heteroatoms. The van der Waals surface area contributed by atoms with Gasteiger partial charge in [0.15, 0.2) is 6.10 Å². The molecule has 3 nitrogen and oxygen atoms in total. The Morgan fingerprint density at radius 1 is 1.56 bits per heavy atom. The van der Waals surface area contributed by atoms with E-state index in [0.717, 1.165) is 15.8 Å². The smallest absolute Gasteiger partial charge is 0.263 e. The highest BCUT2D eigenvalue weighted by Crippen LogP contribution is 2.28. The molecule has 1 amide bonds. The molecule has 0 spiro atoms. The number of rotatable bonds is 1. The number of carbonyl (C=O) groups excluding carboxylic acids is 1. The standard InChI is InChI=1S/C12H14BrNO2/c1-3-14-7-9-6-10(13)4-5-11(9)16-8(2)12(14)15/h4-6,8H,3,7H2,1-2H3/t8-/m1/s1. The molecule has 1 aromatic carbocycles. The molecule has 1 heterocycles. The summed E-state index contributed by atoms with van der Waals surface area (Å²) < 4.78 is 6.65. The van der Waals surface area contributed by atoms with Gasteiger partial charge in [-0.1, -0.05) is 15.9 Å². The van der Waals surface area contributed by atoms with E-state index < -0.39 is 6.10 Å². The molecule has 16 heavy (non-hydrogen) atoms. The molecule has 1 aliphatic rings. The van der Waals surface area contributed by atoms with Gasteiger partial charge in [0.1, 0.15) is 5.75 Å². The summed E-state index contributed by atoms with van der Waals surface area (Å²) in [6.45, 7) is 5.10. The van der Waals surface area contributed by atoms with Gasteiger partial charge in [-0.25, -0.2) is 0 Å². The van der Waals surface area contributed by atoms with E-state index in [1.54, 1.807) is 6.92 Å². The number of fused-ring (bicyclic) bond motifs is 1. The van der Waals surface area contributed by atoms with Crippen molar-refractivity contribution in [3.8, 4) is 5.75 Å². The van der Waals surface area contributed by atoms with Gasteiger partial charge in [-0.2, -0.15) is 0 Å². The molecule has 0 aliphatic carbocycles. The quantitative estimate of drug-likeness (QED) is 0.793. The maximum absolute atomic E-state index is 11.9. The summed E-state index contributed by atoms with van der Waals surface area (Å²) in [5.41, 5.74) is 1.05. The zero-order chi connectivity index (χ0) is 11.7. The predicted octanol–water partition coefficient (Wildman–Crippen LogP) is 2.58. The van der Waals surface area contributed by atoms with Gasteiger partial charge in [-0.15, -0.1) is 0 Å². The maximum atomic E-state index is 11.9. The van der Waals surface area contributed by atoms with Gasteiger partial charge >= 0.3 is 0 Å². The van der Waals surface area contributed by atoms with Crippen LogP contribution in [-0.2, 0) is 11.3 Å². The molecule has 0 fully saturated rings. The fourth-order valence-electron chi connectivity index (χ4n) is 1.84. The summed E-state index contributed by atoms with van der Waals surface area (Å²) in [6.07, 6.45) is -0.401. The van der Waals surface area contributed by atoms with E-state index in [1.807, 2.05) is 30.0 Å². The highest BCUT2D eigenvalue weighted by molar-refractivity contribution is 9.10. The van der Waals surface area contributed by atoms with Gasteiger partial charge in [0.05, 0.1) is 0 Å². The highest BCUT2D eigenvalue weighted by atomic mass is 79.9. The lowest BCUT2D eigenvalue weighted by Crippen LogP contribution is -2.37. The molecule has 0 N–H and O–H groups in total. The summed E-state index contributed by atoms with van der Waals surface area (Å²) in [5, 5.41) is 0. The van der Waals surface area contributed by atoms with Crippen molar-refractivity contribution in [2.24, 2.45) is 0 Å². The number of hydrogen-bond acceptors (Lipinski definition) is 2. The van der Waals surface area contributed by atoms with Crippen molar-refractivity contribution in [1.29, 1.82) is 0 Å². The van der Waals surface area contributed by atoms with E-state index in [2.05, 4.69) is 15.9 Å². The van der Waals surface area contributed by atoms with Crippen LogP contribution in [0.25, 0.3) is 0 Å². The summed E-state index contributed by atoms with van der Waals surface area (Å²) in [6, 6.07) is 5.84. The molecule has 2 rings (SSSR count). The molecular weight excluding hydrogens is 270 g/mol. The van der Waals surface area contributed by atoms with Crippen LogP contribution < -0.4 is 4.74 Å². The average Bonchev–Trinajstić information content (AvgIpc) is 2.38. The van der Waals surface area contributed by atoms with Crippen molar-refractivity contribution in [2.75, 3.05) is 6.54 Å². The molecular formula is C12H14BrNO2. The normalized spacial score (nSPS) is 20.1. The second-order valence-electron chi connectivity index (χ2n) is 3.86. The third kappa shape index (κ3) is 2.07. The number of halogens is 1. The second kappa shape index (κ2) is 4.45. The zero-order valence-corrected chi connectivity index (χ0v) is 11.0. The first-order valence-corrected chi connectivity index (χ1v) is 6.15. The molecule has 0 bridgehead atoms. The molecule has 0 saturated heterocycles. The monoisotopic (exact) mass is 283 g/mol. The van der Waals surface area contributed by atoms with Crippen LogP contribution >= 0.6 is 15.9 Å². The molecule has 0 unspecified atom stereocenters. The van der Waals surface area contributed by atoms with Crippen LogP contribution in [-0.4, -0.2) is 23.5 Å². The van der Waals surface area contributed by atoms with Crippen LogP contribution in [0.3, 0.4) is 0 Å². The van der Waals surface area contributed by atoms with Gasteiger partial charge in [-0.05, 0) is 32.0 Å². The minimum absolute atomic E-state index is 0.0508. The molecule has 0 saturated carbocycles. The predicted molar refractivity (Wildman–Crippen MR) is 65.3 cm³/mol. The number of likely N-dealkylation sites (N-methyl/N-ethyl adjacent to an activating group) is 1. The van der Waals surface area contributed by atoms with Crippen molar-refractivity contribution in [2.45, 2.75) is 26.5 Å². The summed E-state index contributed by atoms with van der Waals surface area (Å²) >= 11 is 3.43. The molecule has 0 aromatic heterocycles.